The van der Waals surface area contributed by atoms with E-state index in [2.05, 4.69) is 18.2 Å². The average Bonchev–Trinajstić information content (AvgIpc) is 1.89. The predicted octanol–water partition coefficient (Wildman–Crippen LogP) is 1.59. The number of hydrogen-bond donors (Lipinski definition) is 0. The van der Waals surface area contributed by atoms with E-state index in [0.29, 0.717) is 5.71 Å². The number of hydrogen-bond acceptors (Lipinski definition) is 2. The normalized spacial score (nSPS) is 14.9. The van der Waals surface area contributed by atoms with E-state index in [-0.39, 0.29) is 0 Å². The first-order valence-corrected chi connectivity index (χ1v) is 2.81. The minimum atomic E-state index is 0.449. The van der Waals surface area contributed by atoms with Gasteiger partial charge in [0.15, 0.2) is 5.71 Å². The zero-order valence-electron chi connectivity index (χ0n) is 5.46. The first-order valence-electron chi connectivity index (χ1n) is 2.81. The lowest BCUT2D eigenvalue weighted by atomic mass is 10.0. The summed E-state index contributed by atoms with van der Waals surface area (Å²) >= 11 is 0. The Bertz CT molecular complexity index is 287. The third-order valence-corrected chi connectivity index (χ3v) is 1.27. The third-order valence-electron chi connectivity index (χ3n) is 1.27. The van der Waals surface area contributed by atoms with Crippen LogP contribution in [0.4, 0.5) is 0 Å². The van der Waals surface area contributed by atoms with Crippen LogP contribution in [0, 0.1) is 11.3 Å². The van der Waals surface area contributed by atoms with Crippen molar-refractivity contribution >= 4 is 5.71 Å². The second-order valence-electron chi connectivity index (χ2n) is 1.78. The van der Waals surface area contributed by atoms with Gasteiger partial charge in [0.25, 0.3) is 0 Å². The van der Waals surface area contributed by atoms with Gasteiger partial charge in [-0.1, -0.05) is 19.2 Å². The number of aliphatic imine (C=N–C) groups is 1. The van der Waals surface area contributed by atoms with Crippen LogP contribution in [0.1, 0.15) is 0 Å². The van der Waals surface area contributed by atoms with Crippen molar-refractivity contribution in [2.75, 3.05) is 0 Å². The molecule has 0 saturated carbocycles. The topological polar surface area (TPSA) is 36.1 Å². The molecule has 2 heteroatoms. The molecule has 0 saturated heterocycles. The first-order chi connectivity index (χ1) is 4.83. The smallest absolute Gasteiger partial charge is 0.150 e. The van der Waals surface area contributed by atoms with Crippen molar-refractivity contribution in [3.63, 3.8) is 0 Å². The Balaban J connectivity index is 2.92. The molecule has 0 aromatic carbocycles. The highest BCUT2D eigenvalue weighted by Gasteiger charge is 2.16. The standard InChI is InChI=1S/C8H6N2/c1-3-6-7(4-2)10-8(6)5-9/h3-4H,1-2H2. The molecule has 0 fully saturated rings. The van der Waals surface area contributed by atoms with Crippen LogP contribution in [0.2, 0.25) is 0 Å². The summed E-state index contributed by atoms with van der Waals surface area (Å²) in [6, 6.07) is 1.94. The minimum absolute atomic E-state index is 0.449. The SMILES string of the molecule is C=CC1=C(C=C)C(C#N)=N1. The summed E-state index contributed by atoms with van der Waals surface area (Å²) in [5, 5.41) is 8.40. The molecule has 1 rings (SSSR count). The maximum absolute atomic E-state index is 8.40. The van der Waals surface area contributed by atoms with Gasteiger partial charge in [-0.05, 0) is 6.08 Å². The lowest BCUT2D eigenvalue weighted by Crippen LogP contribution is -2.09. The highest BCUT2D eigenvalue weighted by atomic mass is 14.8. The summed E-state index contributed by atoms with van der Waals surface area (Å²) in [5.41, 5.74) is 2.01. The van der Waals surface area contributed by atoms with Gasteiger partial charge in [0.1, 0.15) is 6.07 Å². The molecule has 0 aromatic heterocycles. The van der Waals surface area contributed by atoms with E-state index >= 15 is 0 Å². The van der Waals surface area contributed by atoms with Crippen LogP contribution in [0.25, 0.3) is 0 Å². The lowest BCUT2D eigenvalue weighted by molar-refractivity contribution is 1.31. The van der Waals surface area contributed by atoms with Crippen molar-refractivity contribution in [2.45, 2.75) is 0 Å². The van der Waals surface area contributed by atoms with Gasteiger partial charge in [-0.3, -0.25) is 0 Å². The van der Waals surface area contributed by atoms with Crippen LogP contribution in [0.5, 0.6) is 0 Å². The van der Waals surface area contributed by atoms with E-state index in [0.717, 1.165) is 11.3 Å². The molecule has 0 unspecified atom stereocenters. The predicted molar refractivity (Wildman–Crippen MR) is 40.5 cm³/mol. The molecule has 0 aromatic rings. The van der Waals surface area contributed by atoms with Crippen molar-refractivity contribution in [1.82, 2.24) is 0 Å². The Labute approximate surface area is 59.5 Å². The fraction of sp³-hybridized carbons (Fsp3) is 0. The van der Waals surface area contributed by atoms with Crippen LogP contribution in [0.15, 0.2) is 41.6 Å². The summed E-state index contributed by atoms with van der Waals surface area (Å²) < 4.78 is 0. The molecule has 1 aliphatic rings. The van der Waals surface area contributed by atoms with Gasteiger partial charge in [-0.2, -0.15) is 5.26 Å². The summed E-state index contributed by atoms with van der Waals surface area (Å²) in [6.45, 7) is 7.07. The Morgan fingerprint density at radius 1 is 1.40 bits per heavy atom. The second-order valence-corrected chi connectivity index (χ2v) is 1.78. The summed E-state index contributed by atoms with van der Waals surface area (Å²) in [7, 11) is 0. The van der Waals surface area contributed by atoms with Crippen LogP contribution in [-0.2, 0) is 0 Å². The van der Waals surface area contributed by atoms with E-state index in [1.807, 2.05) is 6.07 Å². The van der Waals surface area contributed by atoms with E-state index in [1.54, 1.807) is 12.2 Å². The summed E-state index contributed by atoms with van der Waals surface area (Å²) in [4.78, 5) is 3.86. The van der Waals surface area contributed by atoms with Crippen LogP contribution < -0.4 is 0 Å². The largest absolute Gasteiger partial charge is 0.236 e. The number of nitrogens with zero attached hydrogens (tertiary/aromatic N) is 2. The maximum Gasteiger partial charge on any atom is 0.150 e. The zero-order valence-corrected chi connectivity index (χ0v) is 5.46. The van der Waals surface area contributed by atoms with E-state index in [9.17, 15) is 0 Å². The van der Waals surface area contributed by atoms with Gasteiger partial charge in [0.05, 0.1) is 5.70 Å². The molecule has 1 aliphatic heterocycles. The molecule has 0 bridgehead atoms. The van der Waals surface area contributed by atoms with Gasteiger partial charge in [0, 0.05) is 5.57 Å². The van der Waals surface area contributed by atoms with Crippen molar-refractivity contribution in [3.8, 4) is 6.07 Å². The van der Waals surface area contributed by atoms with Crippen LogP contribution in [0.3, 0.4) is 0 Å². The third kappa shape index (κ3) is 0.688. The van der Waals surface area contributed by atoms with Gasteiger partial charge in [0.2, 0.25) is 0 Å². The van der Waals surface area contributed by atoms with E-state index < -0.39 is 0 Å². The summed E-state index contributed by atoms with van der Waals surface area (Å²) in [6.07, 6.45) is 3.22. The van der Waals surface area contributed by atoms with Gasteiger partial charge in [-0.25, -0.2) is 4.99 Å². The molecule has 0 aliphatic carbocycles. The zero-order chi connectivity index (χ0) is 7.56. The first kappa shape index (κ1) is 6.50. The molecule has 2 nitrogen and oxygen atoms in total. The van der Waals surface area contributed by atoms with Crippen LogP contribution in [-0.4, -0.2) is 5.71 Å². The minimum Gasteiger partial charge on any atom is -0.236 e. The monoisotopic (exact) mass is 130 g/mol. The van der Waals surface area contributed by atoms with Gasteiger partial charge in [-0.15, -0.1) is 0 Å². The average molecular weight is 130 g/mol. The summed E-state index contributed by atoms with van der Waals surface area (Å²) in [5.74, 6) is 0. The van der Waals surface area contributed by atoms with Crippen molar-refractivity contribution in [3.05, 3.63) is 36.6 Å². The molecule has 1 heterocycles. The highest BCUT2D eigenvalue weighted by molar-refractivity contribution is 6.18. The Morgan fingerprint density at radius 3 is 2.50 bits per heavy atom. The fourth-order valence-corrected chi connectivity index (χ4v) is 0.751. The highest BCUT2D eigenvalue weighted by Crippen LogP contribution is 2.20. The van der Waals surface area contributed by atoms with Crippen LogP contribution >= 0.6 is 0 Å². The molecule has 48 valence electrons. The molecule has 0 spiro atoms. The molecule has 0 atom stereocenters. The van der Waals surface area contributed by atoms with E-state index in [4.69, 9.17) is 5.26 Å². The Kier molecular flexibility index (Phi) is 1.51. The lowest BCUT2D eigenvalue weighted by Gasteiger charge is -2.10. The number of rotatable bonds is 2. The van der Waals surface area contributed by atoms with Crippen molar-refractivity contribution < 1.29 is 0 Å². The number of nitriles is 1. The molecular formula is C8H6N2. The van der Waals surface area contributed by atoms with Gasteiger partial charge >= 0.3 is 0 Å². The molecule has 10 heavy (non-hydrogen) atoms. The Morgan fingerprint density at radius 2 is 2.10 bits per heavy atom. The molecule has 0 amide bonds. The molecular weight excluding hydrogens is 124 g/mol. The maximum atomic E-state index is 8.40. The van der Waals surface area contributed by atoms with Crippen molar-refractivity contribution in [2.24, 2.45) is 4.99 Å². The second kappa shape index (κ2) is 2.32. The molecule has 0 N–H and O–H groups in total. The fourth-order valence-electron chi connectivity index (χ4n) is 0.751. The number of allylic oxidation sites excluding steroid dienone is 3. The quantitative estimate of drug-likeness (QED) is 0.559. The van der Waals surface area contributed by atoms with Gasteiger partial charge < -0.3 is 0 Å². The molecule has 0 radical (unpaired) electrons. The Hall–Kier alpha value is -1.62. The van der Waals surface area contributed by atoms with Crippen molar-refractivity contribution in [1.29, 1.82) is 5.26 Å². The van der Waals surface area contributed by atoms with E-state index in [1.165, 1.54) is 0 Å².